The number of rotatable bonds is 7. The second-order valence-electron chi connectivity index (χ2n) is 10.7. The number of hydrogen-bond acceptors (Lipinski definition) is 6. The van der Waals surface area contributed by atoms with Gasteiger partial charge in [-0.3, -0.25) is 14.6 Å². The number of carbonyl (C=O) groups excluding carboxylic acids is 2. The van der Waals surface area contributed by atoms with Crippen LogP contribution in [0.4, 0.5) is 24.8 Å². The van der Waals surface area contributed by atoms with E-state index in [0.29, 0.717) is 36.7 Å². The molecule has 1 N–H and O–H groups in total. The Kier molecular flexibility index (Phi) is 7.83. The van der Waals surface area contributed by atoms with E-state index in [1.54, 1.807) is 29.0 Å². The SMILES string of the molecule is O=C(CCC(F)(F)F)N1CC=C(c2cccn3nc(Nc4ccc(C(=O)N5CCCC5c5cccnc5)cc4)nc23)CC1. The molecule has 43 heavy (non-hydrogen) atoms. The summed E-state index contributed by atoms with van der Waals surface area (Å²) in [5.41, 5.74) is 4.79. The average molecular weight is 590 g/mol. The molecular weight excluding hydrogens is 559 g/mol. The van der Waals surface area contributed by atoms with Crippen LogP contribution in [-0.2, 0) is 4.79 Å². The second-order valence-corrected chi connectivity index (χ2v) is 10.7. The number of alkyl halides is 3. The third-order valence-corrected chi connectivity index (χ3v) is 7.86. The highest BCUT2D eigenvalue weighted by Crippen LogP contribution is 2.33. The number of anilines is 2. The third-order valence-electron chi connectivity index (χ3n) is 7.86. The summed E-state index contributed by atoms with van der Waals surface area (Å²) in [4.78, 5) is 37.8. The van der Waals surface area contributed by atoms with E-state index in [1.807, 2.05) is 53.6 Å². The van der Waals surface area contributed by atoms with Crippen LogP contribution in [-0.4, -0.2) is 67.0 Å². The van der Waals surface area contributed by atoms with Gasteiger partial charge in [0.25, 0.3) is 5.91 Å². The number of halogens is 3. The van der Waals surface area contributed by atoms with E-state index in [-0.39, 0.29) is 18.5 Å². The van der Waals surface area contributed by atoms with Crippen LogP contribution in [0.2, 0.25) is 0 Å². The fourth-order valence-electron chi connectivity index (χ4n) is 5.68. The van der Waals surface area contributed by atoms with E-state index in [2.05, 4.69) is 20.4 Å². The van der Waals surface area contributed by atoms with E-state index >= 15 is 0 Å². The van der Waals surface area contributed by atoms with Crippen LogP contribution < -0.4 is 5.32 Å². The summed E-state index contributed by atoms with van der Waals surface area (Å²) in [6.45, 7) is 1.29. The molecule has 1 saturated heterocycles. The van der Waals surface area contributed by atoms with Gasteiger partial charge in [0.2, 0.25) is 11.9 Å². The van der Waals surface area contributed by atoms with Gasteiger partial charge in [-0.1, -0.05) is 12.1 Å². The molecule has 2 aliphatic rings. The molecule has 2 aliphatic heterocycles. The number of amides is 2. The van der Waals surface area contributed by atoms with Gasteiger partial charge in [0.1, 0.15) is 0 Å². The summed E-state index contributed by atoms with van der Waals surface area (Å²) in [6, 6.07) is 14.9. The monoisotopic (exact) mass is 589 g/mol. The molecule has 12 heteroatoms. The predicted molar refractivity (Wildman–Crippen MR) is 154 cm³/mol. The van der Waals surface area contributed by atoms with Crippen LogP contribution in [0, 0.1) is 0 Å². The van der Waals surface area contributed by atoms with Crippen molar-refractivity contribution < 1.29 is 22.8 Å². The molecule has 4 aromatic rings. The molecule has 222 valence electrons. The molecule has 0 saturated carbocycles. The Morgan fingerprint density at radius 1 is 1.05 bits per heavy atom. The minimum Gasteiger partial charge on any atom is -0.339 e. The molecule has 2 amide bonds. The van der Waals surface area contributed by atoms with Gasteiger partial charge >= 0.3 is 6.18 Å². The topological polar surface area (TPSA) is 95.7 Å². The summed E-state index contributed by atoms with van der Waals surface area (Å²) in [5, 5.41) is 7.73. The molecule has 1 fully saturated rings. The van der Waals surface area contributed by atoms with Gasteiger partial charge in [-0.2, -0.15) is 18.2 Å². The summed E-state index contributed by atoms with van der Waals surface area (Å²) in [6.07, 6.45) is 3.55. The Balaban J connectivity index is 1.12. The Morgan fingerprint density at radius 3 is 2.60 bits per heavy atom. The first-order valence-corrected chi connectivity index (χ1v) is 14.2. The van der Waals surface area contributed by atoms with Crippen molar-refractivity contribution in [2.45, 2.75) is 44.3 Å². The molecule has 0 bridgehead atoms. The smallest absolute Gasteiger partial charge is 0.339 e. The van der Waals surface area contributed by atoms with Gasteiger partial charge in [-0.05, 0) is 72.9 Å². The zero-order valence-corrected chi connectivity index (χ0v) is 23.3. The largest absolute Gasteiger partial charge is 0.389 e. The van der Waals surface area contributed by atoms with Crippen LogP contribution >= 0.6 is 0 Å². The fourth-order valence-corrected chi connectivity index (χ4v) is 5.68. The lowest BCUT2D eigenvalue weighted by Crippen LogP contribution is -2.35. The zero-order valence-electron chi connectivity index (χ0n) is 23.3. The van der Waals surface area contributed by atoms with Crippen molar-refractivity contribution in [1.29, 1.82) is 0 Å². The number of hydrogen-bond donors (Lipinski definition) is 1. The van der Waals surface area contributed by atoms with Crippen LogP contribution in [0.1, 0.15) is 59.6 Å². The van der Waals surface area contributed by atoms with E-state index in [1.165, 1.54) is 4.90 Å². The maximum atomic E-state index is 13.3. The van der Waals surface area contributed by atoms with E-state index in [4.69, 9.17) is 0 Å². The van der Waals surface area contributed by atoms with Crippen LogP contribution in [0.3, 0.4) is 0 Å². The van der Waals surface area contributed by atoms with Gasteiger partial charge in [0.15, 0.2) is 5.65 Å². The Labute approximate surface area is 246 Å². The van der Waals surface area contributed by atoms with Crippen molar-refractivity contribution in [2.75, 3.05) is 25.0 Å². The summed E-state index contributed by atoms with van der Waals surface area (Å²) < 4.78 is 39.2. The number of nitrogens with zero attached hydrogens (tertiary/aromatic N) is 6. The minimum atomic E-state index is -4.35. The lowest BCUT2D eigenvalue weighted by atomic mass is 10.00. The van der Waals surface area contributed by atoms with Crippen LogP contribution in [0.5, 0.6) is 0 Å². The second kappa shape index (κ2) is 11.9. The van der Waals surface area contributed by atoms with E-state index < -0.39 is 24.9 Å². The van der Waals surface area contributed by atoms with Gasteiger partial charge in [-0.25, -0.2) is 4.52 Å². The standard InChI is InChI=1S/C31H30F3N7O2/c32-31(33,34)14-11-27(42)39-18-12-21(13-19-39)25-5-2-17-41-28(25)37-30(38-41)36-24-9-7-22(8-10-24)29(43)40-16-3-6-26(40)23-4-1-15-35-20-23/h1-2,4-5,7-10,12,15,17,20,26H,3,6,11,13-14,16,18-19H2,(H,36,38). The van der Waals surface area contributed by atoms with E-state index in [0.717, 1.165) is 35.2 Å². The molecule has 0 spiro atoms. The van der Waals surface area contributed by atoms with Crippen molar-refractivity contribution in [3.05, 3.63) is 89.9 Å². The van der Waals surface area contributed by atoms with Gasteiger partial charge < -0.3 is 15.1 Å². The molecule has 1 aromatic carbocycles. The Morgan fingerprint density at radius 2 is 1.88 bits per heavy atom. The molecule has 1 atom stereocenters. The summed E-state index contributed by atoms with van der Waals surface area (Å²) >= 11 is 0. The first-order valence-electron chi connectivity index (χ1n) is 14.2. The Hall–Kier alpha value is -4.74. The first kappa shape index (κ1) is 28.4. The van der Waals surface area contributed by atoms with Gasteiger partial charge in [0.05, 0.1) is 12.5 Å². The number of nitrogens with one attached hydrogen (secondary N) is 1. The number of carbonyl (C=O) groups is 2. The zero-order chi connectivity index (χ0) is 30.0. The normalized spacial score (nSPS) is 17.3. The highest BCUT2D eigenvalue weighted by molar-refractivity contribution is 5.95. The molecule has 1 unspecified atom stereocenters. The number of likely N-dealkylation sites (tertiary alicyclic amines) is 1. The molecular formula is C31H30F3N7O2. The molecule has 9 nitrogen and oxygen atoms in total. The maximum Gasteiger partial charge on any atom is 0.389 e. The first-order chi connectivity index (χ1) is 20.7. The van der Waals surface area contributed by atoms with E-state index in [9.17, 15) is 22.8 Å². The number of fused-ring (bicyclic) bond motifs is 1. The van der Waals surface area contributed by atoms with Crippen molar-refractivity contribution in [3.8, 4) is 0 Å². The van der Waals surface area contributed by atoms with Gasteiger partial charge in [0, 0.05) is 61.5 Å². The number of benzene rings is 1. The summed E-state index contributed by atoms with van der Waals surface area (Å²) in [7, 11) is 0. The van der Waals surface area contributed by atoms with Crippen LogP contribution in [0.25, 0.3) is 11.2 Å². The highest BCUT2D eigenvalue weighted by Gasteiger charge is 2.31. The lowest BCUT2D eigenvalue weighted by molar-refractivity contribution is -0.148. The highest BCUT2D eigenvalue weighted by atomic mass is 19.4. The van der Waals surface area contributed by atoms with Crippen LogP contribution in [0.15, 0.2) is 73.2 Å². The number of aromatic nitrogens is 4. The molecule has 0 aliphatic carbocycles. The average Bonchev–Trinajstić information content (AvgIpc) is 3.67. The third kappa shape index (κ3) is 6.37. The molecule has 3 aromatic heterocycles. The molecule has 0 radical (unpaired) electrons. The summed E-state index contributed by atoms with van der Waals surface area (Å²) in [5.74, 6) is -0.140. The predicted octanol–water partition coefficient (Wildman–Crippen LogP) is 5.80. The quantitative estimate of drug-likeness (QED) is 0.293. The molecule has 6 rings (SSSR count). The number of pyridine rings is 2. The Bertz CT molecular complexity index is 1650. The lowest BCUT2D eigenvalue weighted by Gasteiger charge is -2.27. The molecule has 5 heterocycles. The van der Waals surface area contributed by atoms with Crippen molar-refractivity contribution >= 4 is 34.7 Å². The van der Waals surface area contributed by atoms with Gasteiger partial charge in [-0.15, -0.1) is 5.10 Å². The maximum absolute atomic E-state index is 13.3. The fraction of sp³-hybridized carbons (Fsp3) is 0.323. The van der Waals surface area contributed by atoms with Crippen molar-refractivity contribution in [2.24, 2.45) is 0 Å². The van der Waals surface area contributed by atoms with Crippen molar-refractivity contribution in [3.63, 3.8) is 0 Å². The minimum absolute atomic E-state index is 0.0187. The van der Waals surface area contributed by atoms with Crippen molar-refractivity contribution in [1.82, 2.24) is 29.4 Å².